The van der Waals surface area contributed by atoms with E-state index < -0.39 is 6.10 Å². The average Bonchev–Trinajstić information content (AvgIpc) is 2.37. The summed E-state index contributed by atoms with van der Waals surface area (Å²) in [5.74, 6) is 0.863. The summed E-state index contributed by atoms with van der Waals surface area (Å²) in [6.45, 7) is 3.94. The van der Waals surface area contributed by atoms with Gasteiger partial charge in [0.2, 0.25) is 0 Å². The molecule has 2 aromatic carbocycles. The van der Waals surface area contributed by atoms with Gasteiger partial charge in [-0.25, -0.2) is 0 Å². The Labute approximate surface area is 118 Å². The molecule has 3 heteroatoms. The van der Waals surface area contributed by atoms with Crippen molar-refractivity contribution >= 4 is 11.6 Å². The number of hydrogen-bond donors (Lipinski definition) is 1. The van der Waals surface area contributed by atoms with Gasteiger partial charge in [-0.1, -0.05) is 23.7 Å². The summed E-state index contributed by atoms with van der Waals surface area (Å²) in [5.41, 5.74) is 3.66. The summed E-state index contributed by atoms with van der Waals surface area (Å²) in [6.07, 6.45) is -0.679. The first-order chi connectivity index (χ1) is 9.02. The number of rotatable bonds is 3. The van der Waals surface area contributed by atoms with Gasteiger partial charge < -0.3 is 9.84 Å². The highest BCUT2D eigenvalue weighted by atomic mass is 35.5. The topological polar surface area (TPSA) is 29.5 Å². The largest absolute Gasteiger partial charge is 0.496 e. The van der Waals surface area contributed by atoms with Crippen molar-refractivity contribution in [2.24, 2.45) is 0 Å². The zero-order valence-corrected chi connectivity index (χ0v) is 12.0. The van der Waals surface area contributed by atoms with E-state index in [0.29, 0.717) is 5.02 Å². The van der Waals surface area contributed by atoms with Crippen molar-refractivity contribution in [2.45, 2.75) is 20.0 Å². The monoisotopic (exact) mass is 276 g/mol. The Hall–Kier alpha value is -1.51. The lowest BCUT2D eigenvalue weighted by molar-refractivity contribution is 0.220. The maximum atomic E-state index is 10.4. The predicted molar refractivity (Wildman–Crippen MR) is 78.0 cm³/mol. The van der Waals surface area contributed by atoms with Gasteiger partial charge in [-0.3, -0.25) is 0 Å². The smallest absolute Gasteiger partial charge is 0.124 e. The van der Waals surface area contributed by atoms with Crippen LogP contribution in [0.5, 0.6) is 5.75 Å². The van der Waals surface area contributed by atoms with Gasteiger partial charge in [0, 0.05) is 5.02 Å². The minimum absolute atomic E-state index is 0.624. The molecule has 0 radical (unpaired) electrons. The molecule has 1 N–H and O–H groups in total. The van der Waals surface area contributed by atoms with Crippen molar-refractivity contribution in [2.75, 3.05) is 7.11 Å². The molecule has 100 valence electrons. The quantitative estimate of drug-likeness (QED) is 0.916. The SMILES string of the molecule is COc1c(C)cc(C(O)c2cccc(Cl)c2)cc1C. The van der Waals surface area contributed by atoms with Crippen molar-refractivity contribution in [3.63, 3.8) is 0 Å². The van der Waals surface area contributed by atoms with Crippen molar-refractivity contribution < 1.29 is 9.84 Å². The highest BCUT2D eigenvalue weighted by molar-refractivity contribution is 6.30. The Bertz CT molecular complexity index is 570. The fourth-order valence-electron chi connectivity index (χ4n) is 2.33. The third kappa shape index (κ3) is 2.91. The van der Waals surface area contributed by atoms with E-state index in [2.05, 4.69) is 0 Å². The molecular weight excluding hydrogens is 260 g/mol. The van der Waals surface area contributed by atoms with Gasteiger partial charge >= 0.3 is 0 Å². The highest BCUT2D eigenvalue weighted by Crippen LogP contribution is 2.30. The van der Waals surface area contributed by atoms with E-state index in [-0.39, 0.29) is 0 Å². The zero-order chi connectivity index (χ0) is 14.0. The molecule has 0 bridgehead atoms. The molecular formula is C16H17ClO2. The Morgan fingerprint density at radius 2 is 1.68 bits per heavy atom. The van der Waals surface area contributed by atoms with E-state index >= 15 is 0 Å². The number of halogens is 1. The second-order valence-corrected chi connectivity index (χ2v) is 5.08. The highest BCUT2D eigenvalue weighted by Gasteiger charge is 2.14. The molecule has 2 aromatic rings. The molecule has 0 amide bonds. The lowest BCUT2D eigenvalue weighted by Crippen LogP contribution is -2.02. The maximum Gasteiger partial charge on any atom is 0.124 e. The summed E-state index contributed by atoms with van der Waals surface area (Å²) in [6, 6.07) is 11.2. The Kier molecular flexibility index (Phi) is 4.13. The van der Waals surface area contributed by atoms with Crippen LogP contribution in [0.1, 0.15) is 28.4 Å². The van der Waals surface area contributed by atoms with Gasteiger partial charge in [0.1, 0.15) is 11.9 Å². The number of aliphatic hydroxyl groups is 1. The van der Waals surface area contributed by atoms with Gasteiger partial charge in [-0.15, -0.1) is 0 Å². The first-order valence-corrected chi connectivity index (χ1v) is 6.49. The van der Waals surface area contributed by atoms with E-state index in [1.165, 1.54) is 0 Å². The third-order valence-electron chi connectivity index (χ3n) is 3.17. The summed E-state index contributed by atoms with van der Waals surface area (Å²) in [7, 11) is 1.66. The van der Waals surface area contributed by atoms with E-state index in [4.69, 9.17) is 16.3 Å². The minimum atomic E-state index is -0.679. The molecule has 1 atom stereocenters. The predicted octanol–water partition coefficient (Wildman–Crippen LogP) is 4.05. The van der Waals surface area contributed by atoms with Crippen LogP contribution in [0.25, 0.3) is 0 Å². The summed E-state index contributed by atoms with van der Waals surface area (Å²) in [5, 5.41) is 11.1. The standard InChI is InChI=1S/C16H17ClO2/c1-10-7-13(8-11(2)16(10)19-3)15(18)12-5-4-6-14(17)9-12/h4-9,15,18H,1-3H3. The Balaban J connectivity index is 2.42. The molecule has 0 aliphatic heterocycles. The fourth-order valence-corrected chi connectivity index (χ4v) is 2.53. The molecule has 1 unspecified atom stereocenters. The average molecular weight is 277 g/mol. The lowest BCUT2D eigenvalue weighted by atomic mass is 9.97. The van der Waals surface area contributed by atoms with Crippen LogP contribution in [0.2, 0.25) is 5.02 Å². The maximum absolute atomic E-state index is 10.4. The number of aliphatic hydroxyl groups excluding tert-OH is 1. The van der Waals surface area contributed by atoms with Crippen LogP contribution in [0.15, 0.2) is 36.4 Å². The van der Waals surface area contributed by atoms with Gasteiger partial charge in [0.05, 0.1) is 7.11 Å². The molecule has 0 saturated carbocycles. The van der Waals surface area contributed by atoms with Crippen molar-refractivity contribution in [3.8, 4) is 5.75 Å². The number of hydrogen-bond acceptors (Lipinski definition) is 2. The molecule has 0 aromatic heterocycles. The Morgan fingerprint density at radius 1 is 1.05 bits per heavy atom. The zero-order valence-electron chi connectivity index (χ0n) is 11.3. The van der Waals surface area contributed by atoms with Crippen molar-refractivity contribution in [3.05, 3.63) is 63.7 Å². The second kappa shape index (κ2) is 5.64. The van der Waals surface area contributed by atoms with Gasteiger partial charge in [-0.2, -0.15) is 0 Å². The van der Waals surface area contributed by atoms with Crippen molar-refractivity contribution in [1.29, 1.82) is 0 Å². The van der Waals surface area contributed by atoms with E-state index in [1.54, 1.807) is 19.2 Å². The molecule has 2 nitrogen and oxygen atoms in total. The van der Waals surface area contributed by atoms with Crippen LogP contribution >= 0.6 is 11.6 Å². The summed E-state index contributed by atoms with van der Waals surface area (Å²) < 4.78 is 5.33. The molecule has 19 heavy (non-hydrogen) atoms. The molecule has 0 fully saturated rings. The second-order valence-electron chi connectivity index (χ2n) is 4.65. The molecule has 0 heterocycles. The number of benzene rings is 2. The number of aryl methyl sites for hydroxylation is 2. The lowest BCUT2D eigenvalue weighted by Gasteiger charge is -2.16. The van der Waals surface area contributed by atoms with E-state index in [1.807, 2.05) is 38.1 Å². The van der Waals surface area contributed by atoms with E-state index in [9.17, 15) is 5.11 Å². The van der Waals surface area contributed by atoms with Crippen LogP contribution < -0.4 is 4.74 Å². The first kappa shape index (κ1) is 13.9. The van der Waals surface area contributed by atoms with Gasteiger partial charge in [0.25, 0.3) is 0 Å². The number of ether oxygens (including phenoxy) is 1. The summed E-state index contributed by atoms with van der Waals surface area (Å²) in [4.78, 5) is 0. The number of methoxy groups -OCH3 is 1. The molecule has 0 aliphatic carbocycles. The van der Waals surface area contributed by atoms with Gasteiger partial charge in [-0.05, 0) is 60.4 Å². The first-order valence-electron chi connectivity index (χ1n) is 6.11. The Morgan fingerprint density at radius 3 is 2.21 bits per heavy atom. The van der Waals surface area contributed by atoms with Gasteiger partial charge in [0.15, 0.2) is 0 Å². The normalized spacial score (nSPS) is 12.3. The summed E-state index contributed by atoms with van der Waals surface area (Å²) >= 11 is 5.96. The van der Waals surface area contributed by atoms with Crippen LogP contribution in [0, 0.1) is 13.8 Å². The van der Waals surface area contributed by atoms with E-state index in [0.717, 1.165) is 28.0 Å². The molecule has 0 saturated heterocycles. The van der Waals surface area contributed by atoms with Crippen LogP contribution in [-0.4, -0.2) is 12.2 Å². The third-order valence-corrected chi connectivity index (χ3v) is 3.40. The van der Waals surface area contributed by atoms with Crippen LogP contribution in [0.4, 0.5) is 0 Å². The van der Waals surface area contributed by atoms with Crippen molar-refractivity contribution in [1.82, 2.24) is 0 Å². The fraction of sp³-hybridized carbons (Fsp3) is 0.250. The minimum Gasteiger partial charge on any atom is -0.496 e. The molecule has 0 spiro atoms. The molecule has 2 rings (SSSR count). The molecule has 0 aliphatic rings. The van der Waals surface area contributed by atoms with Crippen LogP contribution in [0.3, 0.4) is 0 Å². The van der Waals surface area contributed by atoms with Crippen LogP contribution in [-0.2, 0) is 0 Å².